The quantitative estimate of drug-likeness (QED) is 0.789. The number of aryl methyl sites for hydroxylation is 2. The Morgan fingerprint density at radius 2 is 1.64 bits per heavy atom. The fraction of sp³-hybridized carbons (Fsp3) is 0.476. The van der Waals surface area contributed by atoms with Gasteiger partial charge in [-0.25, -0.2) is 4.68 Å². The summed E-state index contributed by atoms with van der Waals surface area (Å²) in [5.41, 5.74) is 4.66. The van der Waals surface area contributed by atoms with E-state index in [1.165, 1.54) is 0 Å². The second-order valence-electron chi connectivity index (χ2n) is 7.29. The van der Waals surface area contributed by atoms with Gasteiger partial charge in [-0.2, -0.15) is 5.10 Å². The largest absolute Gasteiger partial charge is 0.339 e. The van der Waals surface area contributed by atoms with E-state index in [0.29, 0.717) is 44.0 Å². The van der Waals surface area contributed by atoms with Crippen molar-refractivity contribution in [2.24, 2.45) is 0 Å². The lowest BCUT2D eigenvalue weighted by Gasteiger charge is -2.34. The van der Waals surface area contributed by atoms with Crippen molar-refractivity contribution in [3.63, 3.8) is 0 Å². The van der Waals surface area contributed by atoms with Gasteiger partial charge in [0.25, 0.3) is 0 Å². The summed E-state index contributed by atoms with van der Waals surface area (Å²) in [6.07, 6.45) is 0.827. The van der Waals surface area contributed by atoms with Gasteiger partial charge in [-0.05, 0) is 38.5 Å². The van der Waals surface area contributed by atoms with Crippen LogP contribution in [-0.4, -0.2) is 57.6 Å². The summed E-state index contributed by atoms with van der Waals surface area (Å²) in [7, 11) is 0. The molecule has 7 heteroatoms. The van der Waals surface area contributed by atoms with E-state index < -0.39 is 0 Å². The molecule has 0 bridgehead atoms. The van der Waals surface area contributed by atoms with Crippen LogP contribution in [0.5, 0.6) is 0 Å². The van der Waals surface area contributed by atoms with E-state index in [2.05, 4.69) is 5.10 Å². The van der Waals surface area contributed by atoms with Crippen LogP contribution in [0, 0.1) is 20.8 Å². The molecular formula is C21H27ClN4O2. The number of piperazine rings is 1. The Morgan fingerprint density at radius 3 is 2.21 bits per heavy atom. The van der Waals surface area contributed by atoms with E-state index in [9.17, 15) is 9.59 Å². The minimum absolute atomic E-state index is 0.0799. The molecule has 2 heterocycles. The van der Waals surface area contributed by atoms with Crippen molar-refractivity contribution < 1.29 is 9.59 Å². The number of nitrogens with zero attached hydrogens (tertiary/aromatic N) is 4. The number of aromatic nitrogens is 2. The Balaban J connectivity index is 1.73. The smallest absolute Gasteiger partial charge is 0.227 e. The van der Waals surface area contributed by atoms with Gasteiger partial charge in [0.2, 0.25) is 11.8 Å². The Morgan fingerprint density at radius 1 is 1.04 bits per heavy atom. The first-order chi connectivity index (χ1) is 13.3. The summed E-state index contributed by atoms with van der Waals surface area (Å²) in [6, 6.07) is 5.85. The minimum atomic E-state index is 0.0799. The lowest BCUT2D eigenvalue weighted by molar-refractivity contribution is -0.139. The molecule has 0 radical (unpaired) electrons. The number of amides is 2. The molecule has 0 aliphatic carbocycles. The van der Waals surface area contributed by atoms with Crippen molar-refractivity contribution in [3.05, 3.63) is 45.7 Å². The summed E-state index contributed by atoms with van der Waals surface area (Å²) < 4.78 is 1.85. The number of benzene rings is 1. The van der Waals surface area contributed by atoms with Gasteiger partial charge in [0, 0.05) is 48.9 Å². The van der Waals surface area contributed by atoms with Gasteiger partial charge >= 0.3 is 0 Å². The topological polar surface area (TPSA) is 58.4 Å². The molecule has 2 amide bonds. The van der Waals surface area contributed by atoms with Crippen LogP contribution in [-0.2, 0) is 16.0 Å². The monoisotopic (exact) mass is 402 g/mol. The molecule has 1 aliphatic heterocycles. The summed E-state index contributed by atoms with van der Waals surface area (Å²) >= 11 is 6.26. The van der Waals surface area contributed by atoms with Crippen molar-refractivity contribution in [3.8, 4) is 5.69 Å². The van der Waals surface area contributed by atoms with Crippen LogP contribution in [0.3, 0.4) is 0 Å². The summed E-state index contributed by atoms with van der Waals surface area (Å²) in [6.45, 7) is 10.1. The van der Waals surface area contributed by atoms with E-state index in [1.54, 1.807) is 0 Å². The van der Waals surface area contributed by atoms with Crippen LogP contribution < -0.4 is 0 Å². The highest BCUT2D eigenvalue weighted by molar-refractivity contribution is 6.31. The van der Waals surface area contributed by atoms with Crippen molar-refractivity contribution in [2.75, 3.05) is 26.2 Å². The average molecular weight is 403 g/mol. The highest BCUT2D eigenvalue weighted by atomic mass is 35.5. The summed E-state index contributed by atoms with van der Waals surface area (Å²) in [4.78, 5) is 28.3. The van der Waals surface area contributed by atoms with Crippen molar-refractivity contribution in [1.82, 2.24) is 19.6 Å². The molecule has 28 heavy (non-hydrogen) atoms. The fourth-order valence-corrected chi connectivity index (χ4v) is 3.76. The summed E-state index contributed by atoms with van der Waals surface area (Å²) in [5, 5.41) is 5.33. The van der Waals surface area contributed by atoms with Crippen LogP contribution in [0.25, 0.3) is 5.69 Å². The molecule has 1 aromatic heterocycles. The number of hydrogen-bond acceptors (Lipinski definition) is 3. The summed E-state index contributed by atoms with van der Waals surface area (Å²) in [5.74, 6) is 0.230. The third-order valence-electron chi connectivity index (χ3n) is 5.46. The number of carbonyl (C=O) groups excluding carboxylic acids is 2. The zero-order valence-corrected chi connectivity index (χ0v) is 17.7. The molecule has 1 aromatic carbocycles. The van der Waals surface area contributed by atoms with Crippen LogP contribution in [0.1, 0.15) is 35.9 Å². The molecule has 2 aromatic rings. The Labute approximate surface area is 171 Å². The SMILES string of the molecule is CCC(=O)N1CCN(C(=O)Cc2c(C)nn(-c3ccc(C)c(Cl)c3)c2C)CC1. The zero-order chi connectivity index (χ0) is 20.4. The highest BCUT2D eigenvalue weighted by Gasteiger charge is 2.25. The maximum atomic E-state index is 12.8. The molecule has 1 aliphatic rings. The van der Waals surface area contributed by atoms with E-state index in [4.69, 9.17) is 11.6 Å². The highest BCUT2D eigenvalue weighted by Crippen LogP contribution is 2.23. The minimum Gasteiger partial charge on any atom is -0.339 e. The zero-order valence-electron chi connectivity index (χ0n) is 17.0. The number of hydrogen-bond donors (Lipinski definition) is 0. The molecular weight excluding hydrogens is 376 g/mol. The maximum absolute atomic E-state index is 12.8. The van der Waals surface area contributed by atoms with E-state index in [1.807, 2.05) is 60.4 Å². The molecule has 150 valence electrons. The van der Waals surface area contributed by atoms with Gasteiger partial charge in [0.1, 0.15) is 0 Å². The lowest BCUT2D eigenvalue weighted by Crippen LogP contribution is -2.50. The molecule has 6 nitrogen and oxygen atoms in total. The number of carbonyl (C=O) groups is 2. The van der Waals surface area contributed by atoms with E-state index in [0.717, 1.165) is 28.2 Å². The molecule has 0 unspecified atom stereocenters. The van der Waals surface area contributed by atoms with Gasteiger partial charge in [-0.15, -0.1) is 0 Å². The molecule has 0 atom stereocenters. The second-order valence-corrected chi connectivity index (χ2v) is 7.69. The molecule has 0 saturated carbocycles. The van der Waals surface area contributed by atoms with Gasteiger partial charge in [-0.1, -0.05) is 24.6 Å². The first-order valence-corrected chi connectivity index (χ1v) is 10.1. The van der Waals surface area contributed by atoms with Crippen molar-refractivity contribution in [2.45, 2.75) is 40.5 Å². The normalized spacial score (nSPS) is 14.5. The van der Waals surface area contributed by atoms with Crippen LogP contribution in [0.2, 0.25) is 5.02 Å². The van der Waals surface area contributed by atoms with Gasteiger partial charge < -0.3 is 9.80 Å². The number of rotatable bonds is 4. The van der Waals surface area contributed by atoms with E-state index in [-0.39, 0.29) is 11.8 Å². The van der Waals surface area contributed by atoms with Gasteiger partial charge in [0.05, 0.1) is 17.8 Å². The third-order valence-corrected chi connectivity index (χ3v) is 5.86. The van der Waals surface area contributed by atoms with Gasteiger partial charge in [-0.3, -0.25) is 9.59 Å². The average Bonchev–Trinajstić information content (AvgIpc) is 2.97. The predicted molar refractivity (Wildman–Crippen MR) is 110 cm³/mol. The number of halogens is 1. The fourth-order valence-electron chi connectivity index (χ4n) is 3.59. The molecule has 1 saturated heterocycles. The molecule has 0 spiro atoms. The Kier molecular flexibility index (Phi) is 6.08. The molecule has 3 rings (SSSR count). The first kappa shape index (κ1) is 20.4. The molecule has 1 fully saturated rings. The second kappa shape index (κ2) is 8.35. The van der Waals surface area contributed by atoms with Gasteiger partial charge in [0.15, 0.2) is 0 Å². The van der Waals surface area contributed by atoms with E-state index >= 15 is 0 Å². The standard InChI is InChI=1S/C21H27ClN4O2/c1-5-20(27)24-8-10-25(11-9-24)21(28)13-18-15(3)23-26(16(18)4)17-7-6-14(2)19(22)12-17/h6-7,12H,5,8-11,13H2,1-4H3. The maximum Gasteiger partial charge on any atom is 0.227 e. The Bertz CT molecular complexity index is 898. The molecule has 0 N–H and O–H groups in total. The van der Waals surface area contributed by atoms with Crippen LogP contribution >= 0.6 is 11.6 Å². The van der Waals surface area contributed by atoms with Crippen LogP contribution in [0.15, 0.2) is 18.2 Å². The third kappa shape index (κ3) is 4.07. The predicted octanol–water partition coefficient (Wildman–Crippen LogP) is 3.07. The van der Waals surface area contributed by atoms with Crippen molar-refractivity contribution >= 4 is 23.4 Å². The van der Waals surface area contributed by atoms with Crippen molar-refractivity contribution in [1.29, 1.82) is 0 Å². The van der Waals surface area contributed by atoms with Crippen LogP contribution in [0.4, 0.5) is 0 Å². The Hall–Kier alpha value is -2.34. The lowest BCUT2D eigenvalue weighted by atomic mass is 10.1. The first-order valence-electron chi connectivity index (χ1n) is 9.69.